The Kier molecular flexibility index (Phi) is 5.62. The molecule has 0 fully saturated rings. The molecule has 0 unspecified atom stereocenters. The predicted molar refractivity (Wildman–Crippen MR) is 96.8 cm³/mol. The first-order valence-electron chi connectivity index (χ1n) is 7.67. The first-order chi connectivity index (χ1) is 11.3. The van der Waals surface area contributed by atoms with Gasteiger partial charge in [-0.05, 0) is 43.7 Å². The molecule has 4 nitrogen and oxygen atoms in total. The van der Waals surface area contributed by atoms with Crippen molar-refractivity contribution in [3.63, 3.8) is 0 Å². The number of carbonyl (C=O) groups is 2. The van der Waals surface area contributed by atoms with Crippen LogP contribution in [0.3, 0.4) is 0 Å². The molecule has 0 saturated heterocycles. The van der Waals surface area contributed by atoms with E-state index in [1.165, 1.54) is 0 Å². The van der Waals surface area contributed by atoms with Gasteiger partial charge >= 0.3 is 0 Å². The molecule has 126 valence electrons. The van der Waals surface area contributed by atoms with E-state index in [9.17, 15) is 9.59 Å². The summed E-state index contributed by atoms with van der Waals surface area (Å²) in [6.45, 7) is 3.71. The van der Waals surface area contributed by atoms with E-state index in [-0.39, 0.29) is 11.8 Å². The predicted octanol–water partition coefficient (Wildman–Crippen LogP) is 3.96. The zero-order valence-electron chi connectivity index (χ0n) is 14.0. The Balaban J connectivity index is 2.05. The molecule has 2 amide bonds. The molecule has 0 aromatic heterocycles. The van der Waals surface area contributed by atoms with Crippen molar-refractivity contribution in [2.24, 2.45) is 5.41 Å². The summed E-state index contributed by atoms with van der Waals surface area (Å²) in [5.41, 5.74) is 0.446. The maximum atomic E-state index is 12.7. The van der Waals surface area contributed by atoms with Gasteiger partial charge in [-0.25, -0.2) is 0 Å². The summed E-state index contributed by atoms with van der Waals surface area (Å²) >= 11 is 5.83. The molecule has 0 radical (unpaired) electrons. The summed E-state index contributed by atoms with van der Waals surface area (Å²) in [5, 5.41) is 3.35. The minimum atomic E-state index is -1.18. The highest BCUT2D eigenvalue weighted by atomic mass is 35.5. The zero-order chi connectivity index (χ0) is 17.7. The quantitative estimate of drug-likeness (QED) is 0.834. The van der Waals surface area contributed by atoms with E-state index >= 15 is 0 Å². The molecule has 0 bridgehead atoms. The lowest BCUT2D eigenvalue weighted by molar-refractivity contribution is -0.145. The first kappa shape index (κ1) is 18.0. The van der Waals surface area contributed by atoms with Gasteiger partial charge in [-0.1, -0.05) is 41.9 Å². The Morgan fingerprint density at radius 3 is 2.21 bits per heavy atom. The number of hydrogen-bond acceptors (Lipinski definition) is 2. The van der Waals surface area contributed by atoms with Crippen LogP contribution in [0.2, 0.25) is 5.02 Å². The third kappa shape index (κ3) is 4.36. The summed E-state index contributed by atoms with van der Waals surface area (Å²) in [7, 11) is 1.70. The fourth-order valence-electron chi connectivity index (χ4n) is 2.32. The van der Waals surface area contributed by atoms with Crippen LogP contribution in [0.5, 0.6) is 0 Å². The highest BCUT2D eigenvalue weighted by Gasteiger charge is 2.38. The highest BCUT2D eigenvalue weighted by Crippen LogP contribution is 2.23. The molecule has 2 rings (SSSR count). The molecule has 24 heavy (non-hydrogen) atoms. The van der Waals surface area contributed by atoms with Gasteiger partial charge in [-0.15, -0.1) is 0 Å². The number of hydrogen-bond donors (Lipinski definition) is 1. The molecule has 2 aromatic rings. The summed E-state index contributed by atoms with van der Waals surface area (Å²) in [6, 6.07) is 16.5. The van der Waals surface area contributed by atoms with Gasteiger partial charge in [0.25, 0.3) is 0 Å². The number of carbonyl (C=O) groups excluding carboxylic acids is 2. The monoisotopic (exact) mass is 344 g/mol. The maximum absolute atomic E-state index is 12.7. The Bertz CT molecular complexity index is 712. The number of rotatable bonds is 5. The molecule has 0 heterocycles. The normalized spacial score (nSPS) is 11.0. The van der Waals surface area contributed by atoms with Crippen LogP contribution in [0.15, 0.2) is 54.6 Å². The number of nitrogens with zero attached hydrogens (tertiary/aromatic N) is 1. The van der Waals surface area contributed by atoms with Crippen molar-refractivity contribution < 1.29 is 9.59 Å². The van der Waals surface area contributed by atoms with E-state index in [0.717, 1.165) is 5.56 Å². The number of benzene rings is 2. The van der Waals surface area contributed by atoms with Gasteiger partial charge in [0.15, 0.2) is 0 Å². The SMILES string of the molecule is CN(Cc1ccccc1)C(=O)C(C)(C)C(=O)Nc1ccc(Cl)cc1. The van der Waals surface area contributed by atoms with E-state index in [4.69, 9.17) is 11.6 Å². The smallest absolute Gasteiger partial charge is 0.239 e. The lowest BCUT2D eigenvalue weighted by atomic mass is 9.90. The molecule has 0 atom stereocenters. The molecule has 0 aliphatic carbocycles. The fourth-order valence-corrected chi connectivity index (χ4v) is 2.45. The van der Waals surface area contributed by atoms with E-state index < -0.39 is 5.41 Å². The van der Waals surface area contributed by atoms with Crippen LogP contribution in [0.1, 0.15) is 19.4 Å². The Labute approximate surface area is 147 Å². The topological polar surface area (TPSA) is 49.4 Å². The van der Waals surface area contributed by atoms with Crippen molar-refractivity contribution in [3.05, 3.63) is 65.2 Å². The minimum absolute atomic E-state index is 0.238. The van der Waals surface area contributed by atoms with Crippen LogP contribution < -0.4 is 5.32 Å². The molecule has 0 saturated carbocycles. The lowest BCUT2D eigenvalue weighted by Crippen LogP contribution is -2.45. The summed E-state index contributed by atoms with van der Waals surface area (Å²) in [5.74, 6) is -0.590. The van der Waals surface area contributed by atoms with E-state index in [2.05, 4.69) is 5.32 Å². The molecule has 5 heteroatoms. The molecule has 0 aliphatic rings. The summed E-state index contributed by atoms with van der Waals surface area (Å²) < 4.78 is 0. The second-order valence-electron chi connectivity index (χ2n) is 6.23. The molecule has 1 N–H and O–H groups in total. The average molecular weight is 345 g/mol. The van der Waals surface area contributed by atoms with Crippen LogP contribution in [0.25, 0.3) is 0 Å². The Morgan fingerprint density at radius 1 is 1.04 bits per heavy atom. The molecular formula is C19H21ClN2O2. The van der Waals surface area contributed by atoms with Crippen molar-refractivity contribution in [2.45, 2.75) is 20.4 Å². The second kappa shape index (κ2) is 7.49. The third-order valence-corrected chi connectivity index (χ3v) is 4.07. The zero-order valence-corrected chi connectivity index (χ0v) is 14.8. The van der Waals surface area contributed by atoms with Gasteiger partial charge in [-0.2, -0.15) is 0 Å². The van der Waals surface area contributed by atoms with Crippen LogP contribution in [0.4, 0.5) is 5.69 Å². The van der Waals surface area contributed by atoms with Crippen molar-refractivity contribution in [1.29, 1.82) is 0 Å². The van der Waals surface area contributed by atoms with E-state index in [0.29, 0.717) is 17.3 Å². The van der Waals surface area contributed by atoms with Gasteiger partial charge in [0.2, 0.25) is 11.8 Å². The largest absolute Gasteiger partial charge is 0.341 e. The molecule has 2 aromatic carbocycles. The van der Waals surface area contributed by atoms with Gasteiger partial charge < -0.3 is 10.2 Å². The Morgan fingerprint density at radius 2 is 1.62 bits per heavy atom. The van der Waals surface area contributed by atoms with Crippen LogP contribution in [0, 0.1) is 5.41 Å². The van der Waals surface area contributed by atoms with Gasteiger partial charge in [0.1, 0.15) is 5.41 Å². The maximum Gasteiger partial charge on any atom is 0.239 e. The van der Waals surface area contributed by atoms with Crippen molar-refractivity contribution >= 4 is 29.1 Å². The number of amides is 2. The Hall–Kier alpha value is -2.33. The average Bonchev–Trinajstić information content (AvgIpc) is 2.57. The van der Waals surface area contributed by atoms with Crippen molar-refractivity contribution in [3.8, 4) is 0 Å². The number of nitrogens with one attached hydrogen (secondary N) is 1. The van der Waals surface area contributed by atoms with Crippen molar-refractivity contribution in [1.82, 2.24) is 4.90 Å². The number of halogens is 1. The van der Waals surface area contributed by atoms with Crippen LogP contribution in [-0.2, 0) is 16.1 Å². The van der Waals surface area contributed by atoms with Crippen molar-refractivity contribution in [2.75, 3.05) is 12.4 Å². The summed E-state index contributed by atoms with van der Waals surface area (Å²) in [6.07, 6.45) is 0. The van der Waals surface area contributed by atoms with Gasteiger partial charge in [-0.3, -0.25) is 9.59 Å². The fraction of sp³-hybridized carbons (Fsp3) is 0.263. The highest BCUT2D eigenvalue weighted by molar-refractivity contribution is 6.30. The molecule has 0 spiro atoms. The molecular weight excluding hydrogens is 324 g/mol. The lowest BCUT2D eigenvalue weighted by Gasteiger charge is -2.28. The third-order valence-electron chi connectivity index (χ3n) is 3.81. The minimum Gasteiger partial charge on any atom is -0.341 e. The van der Waals surface area contributed by atoms with E-state index in [1.54, 1.807) is 50.1 Å². The van der Waals surface area contributed by atoms with Gasteiger partial charge in [0, 0.05) is 24.3 Å². The van der Waals surface area contributed by atoms with Crippen LogP contribution in [-0.4, -0.2) is 23.8 Å². The molecule has 0 aliphatic heterocycles. The van der Waals surface area contributed by atoms with E-state index in [1.807, 2.05) is 30.3 Å². The second-order valence-corrected chi connectivity index (χ2v) is 6.67. The standard InChI is InChI=1S/C19H21ClN2O2/c1-19(2,17(23)21-16-11-9-15(20)10-12-16)18(24)22(3)13-14-7-5-4-6-8-14/h4-12H,13H2,1-3H3,(H,21,23). The number of anilines is 1. The van der Waals surface area contributed by atoms with Crippen LogP contribution >= 0.6 is 11.6 Å². The summed E-state index contributed by atoms with van der Waals surface area (Å²) in [4.78, 5) is 26.8. The first-order valence-corrected chi connectivity index (χ1v) is 8.05. The van der Waals surface area contributed by atoms with Gasteiger partial charge in [0.05, 0.1) is 0 Å².